The minimum Gasteiger partial charge on any atom is -0.497 e. The molecule has 0 aliphatic rings. The lowest BCUT2D eigenvalue weighted by molar-refractivity contribution is 0.406. The van der Waals surface area contributed by atoms with Gasteiger partial charge in [0.25, 0.3) is 0 Å². The van der Waals surface area contributed by atoms with Crippen LogP contribution in [0.1, 0.15) is 5.56 Å². The van der Waals surface area contributed by atoms with Crippen molar-refractivity contribution in [2.24, 2.45) is 0 Å². The van der Waals surface area contributed by atoms with Crippen molar-refractivity contribution in [1.82, 2.24) is 0 Å². The van der Waals surface area contributed by atoms with Crippen LogP contribution in [0.3, 0.4) is 0 Å². The van der Waals surface area contributed by atoms with E-state index in [1.54, 1.807) is 0 Å². The Balaban J connectivity index is 3.21. The minimum atomic E-state index is -0.693. The van der Waals surface area contributed by atoms with Gasteiger partial charge in [-0.05, 0) is 6.92 Å². The van der Waals surface area contributed by atoms with Gasteiger partial charge in [0, 0.05) is 17.7 Å². The van der Waals surface area contributed by atoms with Gasteiger partial charge in [0.2, 0.25) is 0 Å². The summed E-state index contributed by atoms with van der Waals surface area (Å²) in [4.78, 5) is 0. The fourth-order valence-corrected chi connectivity index (χ4v) is 0.698. The van der Waals surface area contributed by atoms with Gasteiger partial charge in [-0.3, -0.25) is 0 Å². The Bertz CT molecular complexity index is 248. The number of ether oxygens (including phenoxy) is 1. The maximum absolute atomic E-state index is 12.6. The summed E-state index contributed by atoms with van der Waals surface area (Å²) >= 11 is 0. The van der Waals surface area contributed by atoms with Crippen molar-refractivity contribution in [1.29, 1.82) is 0 Å². The molecule has 0 saturated carbocycles. The second-order valence-corrected chi connectivity index (χ2v) is 2.07. The number of hydrogen-bond donors (Lipinski definition) is 0. The number of hydrogen-bond acceptors (Lipinski definition) is 1. The van der Waals surface area contributed by atoms with Crippen molar-refractivity contribution in [3.8, 4) is 5.75 Å². The molecule has 1 nitrogen and oxygen atoms in total. The number of methoxy groups -OCH3 is 1. The summed E-state index contributed by atoms with van der Waals surface area (Å²) in [5, 5.41) is 0. The summed E-state index contributed by atoms with van der Waals surface area (Å²) < 4.78 is 29.9. The first kappa shape index (κ1) is 7.98. The van der Waals surface area contributed by atoms with Crippen molar-refractivity contribution < 1.29 is 13.5 Å². The first-order chi connectivity index (χ1) is 5.15. The predicted octanol–water partition coefficient (Wildman–Crippen LogP) is 2.16. The van der Waals surface area contributed by atoms with Crippen LogP contribution in [0.2, 0.25) is 0 Å². The summed E-state index contributed by atoms with van der Waals surface area (Å²) in [5.74, 6) is -1.23. The van der Waals surface area contributed by atoms with E-state index in [4.69, 9.17) is 0 Å². The maximum Gasteiger partial charge on any atom is 0.133 e. The highest BCUT2D eigenvalue weighted by molar-refractivity contribution is 5.31. The summed E-state index contributed by atoms with van der Waals surface area (Å²) in [6.07, 6.45) is 0. The zero-order valence-electron chi connectivity index (χ0n) is 6.03. The van der Waals surface area contributed by atoms with Crippen LogP contribution in [0.4, 0.5) is 8.78 Å². The van der Waals surface area contributed by atoms with E-state index in [1.807, 2.05) is 0 Å². The first-order valence-electron chi connectivity index (χ1n) is 3.00. The molecule has 0 atom stereocenters. The van der Waals surface area contributed by atoms with Crippen molar-refractivity contribution in [3.05, 3.63) is 36.3 Å². The van der Waals surface area contributed by atoms with E-state index in [0.29, 0.717) is 0 Å². The molecule has 59 valence electrons. The first-order valence-corrected chi connectivity index (χ1v) is 3.00. The molecule has 3 heteroatoms. The summed E-state index contributed by atoms with van der Waals surface area (Å²) in [6.45, 7) is 3.19. The molecule has 0 heterocycles. The standard InChI is InChI=1S/C8H7F2O/c1-5-7(9)3-6(11-2)4-8(5)10/h3-4H,1H2,2H3. The number of benzene rings is 1. The highest BCUT2D eigenvalue weighted by atomic mass is 19.1. The van der Waals surface area contributed by atoms with E-state index in [1.165, 1.54) is 7.11 Å². The normalized spacial score (nSPS) is 9.82. The van der Waals surface area contributed by atoms with E-state index in [9.17, 15) is 8.78 Å². The molecular weight excluding hydrogens is 150 g/mol. The second kappa shape index (κ2) is 2.86. The van der Waals surface area contributed by atoms with Crippen LogP contribution in [-0.4, -0.2) is 7.11 Å². The molecule has 1 radical (unpaired) electrons. The molecule has 11 heavy (non-hydrogen) atoms. The fraction of sp³-hybridized carbons (Fsp3) is 0.125. The lowest BCUT2D eigenvalue weighted by Gasteiger charge is -2.02. The lowest BCUT2D eigenvalue weighted by Crippen LogP contribution is -1.91. The molecular formula is C8H7F2O. The Morgan fingerprint density at radius 2 is 1.73 bits per heavy atom. The summed E-state index contributed by atoms with van der Waals surface area (Å²) in [6, 6.07) is 2.18. The van der Waals surface area contributed by atoms with Gasteiger partial charge in [0.05, 0.1) is 7.11 Å². The molecule has 0 bridgehead atoms. The average Bonchev–Trinajstić information content (AvgIpc) is 1.99. The Morgan fingerprint density at radius 3 is 2.09 bits per heavy atom. The van der Waals surface area contributed by atoms with Gasteiger partial charge >= 0.3 is 0 Å². The molecule has 0 aliphatic heterocycles. The molecule has 0 N–H and O–H groups in total. The van der Waals surface area contributed by atoms with Crippen LogP contribution < -0.4 is 4.74 Å². The minimum absolute atomic E-state index is 0.160. The van der Waals surface area contributed by atoms with Gasteiger partial charge < -0.3 is 4.74 Å². The molecule has 0 aliphatic carbocycles. The number of rotatable bonds is 1. The smallest absolute Gasteiger partial charge is 0.133 e. The van der Waals surface area contributed by atoms with E-state index in [0.717, 1.165) is 12.1 Å². The third-order valence-corrected chi connectivity index (χ3v) is 1.35. The van der Waals surface area contributed by atoms with Gasteiger partial charge in [0.1, 0.15) is 17.4 Å². The van der Waals surface area contributed by atoms with E-state index >= 15 is 0 Å². The monoisotopic (exact) mass is 157 g/mol. The SMILES string of the molecule is [CH2]c1c(F)cc(OC)cc1F. The molecule has 1 aromatic rings. The van der Waals surface area contributed by atoms with E-state index in [-0.39, 0.29) is 11.3 Å². The van der Waals surface area contributed by atoms with Gasteiger partial charge in [-0.15, -0.1) is 0 Å². The molecule has 0 aromatic heterocycles. The molecule has 1 aromatic carbocycles. The molecule has 0 amide bonds. The van der Waals surface area contributed by atoms with Crippen LogP contribution in [0, 0.1) is 18.6 Å². The van der Waals surface area contributed by atoms with Gasteiger partial charge in [-0.1, -0.05) is 0 Å². The van der Waals surface area contributed by atoms with Gasteiger partial charge in [-0.25, -0.2) is 8.78 Å². The molecule has 0 spiro atoms. The van der Waals surface area contributed by atoms with Gasteiger partial charge in [-0.2, -0.15) is 0 Å². The van der Waals surface area contributed by atoms with Crippen molar-refractivity contribution >= 4 is 0 Å². The van der Waals surface area contributed by atoms with Crippen LogP contribution >= 0.6 is 0 Å². The molecule has 1 rings (SSSR count). The quantitative estimate of drug-likeness (QED) is 0.607. The van der Waals surface area contributed by atoms with Crippen LogP contribution in [0.15, 0.2) is 12.1 Å². The van der Waals surface area contributed by atoms with E-state index in [2.05, 4.69) is 11.7 Å². The maximum atomic E-state index is 12.6. The second-order valence-electron chi connectivity index (χ2n) is 2.07. The lowest BCUT2D eigenvalue weighted by atomic mass is 10.2. The van der Waals surface area contributed by atoms with Gasteiger partial charge in [0.15, 0.2) is 0 Å². The Morgan fingerprint density at radius 1 is 1.27 bits per heavy atom. The zero-order valence-corrected chi connectivity index (χ0v) is 6.03. The number of halogens is 2. The highest BCUT2D eigenvalue weighted by Crippen LogP contribution is 2.18. The van der Waals surface area contributed by atoms with E-state index < -0.39 is 11.6 Å². The third-order valence-electron chi connectivity index (χ3n) is 1.35. The Hall–Kier alpha value is -1.12. The van der Waals surface area contributed by atoms with Crippen LogP contribution in [0.25, 0.3) is 0 Å². The summed E-state index contributed by atoms with van der Waals surface area (Å²) in [5.41, 5.74) is -0.231. The van der Waals surface area contributed by atoms with Crippen LogP contribution in [-0.2, 0) is 0 Å². The average molecular weight is 157 g/mol. The summed E-state index contributed by atoms with van der Waals surface area (Å²) in [7, 11) is 1.34. The predicted molar refractivity (Wildman–Crippen MR) is 37.4 cm³/mol. The van der Waals surface area contributed by atoms with Crippen LogP contribution in [0.5, 0.6) is 5.75 Å². The third kappa shape index (κ3) is 1.48. The molecule has 0 unspecified atom stereocenters. The van der Waals surface area contributed by atoms with Crippen molar-refractivity contribution in [3.63, 3.8) is 0 Å². The zero-order chi connectivity index (χ0) is 8.43. The van der Waals surface area contributed by atoms with Crippen molar-refractivity contribution in [2.45, 2.75) is 0 Å². The largest absolute Gasteiger partial charge is 0.497 e. The Kier molecular flexibility index (Phi) is 2.08. The molecule has 0 saturated heterocycles. The molecule has 0 fully saturated rings. The fourth-order valence-electron chi connectivity index (χ4n) is 0.698. The van der Waals surface area contributed by atoms with Crippen molar-refractivity contribution in [2.75, 3.05) is 7.11 Å². The topological polar surface area (TPSA) is 9.23 Å². The Labute approximate surface area is 63.6 Å². The highest BCUT2D eigenvalue weighted by Gasteiger charge is 2.05.